The van der Waals surface area contributed by atoms with Crippen molar-refractivity contribution < 1.29 is 9.63 Å². The number of hydrogen-bond acceptors (Lipinski definition) is 4. The molecule has 0 aliphatic carbocycles. The van der Waals surface area contributed by atoms with Crippen molar-refractivity contribution in [3.05, 3.63) is 29.3 Å². The fourth-order valence-electron chi connectivity index (χ4n) is 2.33. The Hall–Kier alpha value is -1.30. The summed E-state index contributed by atoms with van der Waals surface area (Å²) < 4.78 is 0. The van der Waals surface area contributed by atoms with Crippen molar-refractivity contribution in [2.45, 2.75) is 0 Å². The van der Waals surface area contributed by atoms with Crippen LogP contribution >= 0.6 is 11.6 Å². The summed E-state index contributed by atoms with van der Waals surface area (Å²) in [5.41, 5.74) is 1.17. The lowest BCUT2D eigenvalue weighted by Crippen LogP contribution is -2.48. The second-order valence-corrected chi connectivity index (χ2v) is 5.17. The van der Waals surface area contributed by atoms with E-state index in [1.807, 2.05) is 18.2 Å². The van der Waals surface area contributed by atoms with Gasteiger partial charge in [-0.15, -0.1) is 0 Å². The van der Waals surface area contributed by atoms with Gasteiger partial charge in [-0.3, -0.25) is 14.5 Å². The summed E-state index contributed by atoms with van der Waals surface area (Å²) in [5.74, 6) is 0. The molecule has 1 saturated heterocycles. The van der Waals surface area contributed by atoms with E-state index in [1.54, 1.807) is 0 Å². The maximum absolute atomic E-state index is 10.6. The van der Waals surface area contributed by atoms with Crippen LogP contribution in [0.5, 0.6) is 0 Å². The smallest absolute Gasteiger partial charge is 0.233 e. The maximum atomic E-state index is 10.6. The van der Waals surface area contributed by atoms with Crippen LogP contribution in [0.3, 0.4) is 0 Å². The van der Waals surface area contributed by atoms with Crippen molar-refractivity contribution in [1.82, 2.24) is 9.96 Å². The first-order valence-corrected chi connectivity index (χ1v) is 7.09. The number of benzene rings is 1. The van der Waals surface area contributed by atoms with Gasteiger partial charge >= 0.3 is 0 Å². The maximum Gasteiger partial charge on any atom is 0.233 e. The van der Waals surface area contributed by atoms with Crippen LogP contribution in [0, 0.1) is 0 Å². The van der Waals surface area contributed by atoms with Gasteiger partial charge in [0, 0.05) is 43.4 Å². The van der Waals surface area contributed by atoms with E-state index in [2.05, 4.69) is 15.9 Å². The molecule has 0 bridgehead atoms. The zero-order chi connectivity index (χ0) is 14.4. The molecule has 110 valence electrons. The molecular weight excluding hydrogens is 278 g/mol. The van der Waals surface area contributed by atoms with Crippen molar-refractivity contribution >= 4 is 23.7 Å². The number of hydroxylamine groups is 2. The Morgan fingerprint density at radius 1 is 1.35 bits per heavy atom. The number of carbonyl (C=O) groups is 1. The summed E-state index contributed by atoms with van der Waals surface area (Å²) in [6.45, 7) is 5.31. The highest BCUT2D eigenvalue weighted by molar-refractivity contribution is 6.30. The predicted molar refractivity (Wildman–Crippen MR) is 79.9 cm³/mol. The molecule has 0 N–H and O–H groups in total. The van der Waals surface area contributed by atoms with Gasteiger partial charge in [0.25, 0.3) is 0 Å². The number of halogens is 1. The third kappa shape index (κ3) is 4.10. The van der Waals surface area contributed by atoms with Crippen molar-refractivity contribution in [2.75, 3.05) is 51.3 Å². The molecule has 0 atom stereocenters. The van der Waals surface area contributed by atoms with Gasteiger partial charge in [-0.1, -0.05) is 17.7 Å². The predicted octanol–water partition coefficient (Wildman–Crippen LogP) is 1.48. The SMILES string of the molecule is CON(C=O)CCN1CCN(c2cccc(Cl)c2)CC1. The molecule has 0 unspecified atom stereocenters. The highest BCUT2D eigenvalue weighted by Crippen LogP contribution is 2.20. The van der Waals surface area contributed by atoms with Crippen molar-refractivity contribution in [3.8, 4) is 0 Å². The summed E-state index contributed by atoms with van der Waals surface area (Å²) in [7, 11) is 1.51. The molecule has 1 aliphatic rings. The van der Waals surface area contributed by atoms with Crippen LogP contribution in [-0.2, 0) is 9.63 Å². The number of piperazine rings is 1. The largest absolute Gasteiger partial charge is 0.369 e. The Bertz CT molecular complexity index is 436. The minimum atomic E-state index is 0.594. The molecule has 0 radical (unpaired) electrons. The molecule has 1 fully saturated rings. The third-order valence-corrected chi connectivity index (χ3v) is 3.77. The highest BCUT2D eigenvalue weighted by Gasteiger charge is 2.17. The van der Waals surface area contributed by atoms with Gasteiger partial charge in [0.2, 0.25) is 6.41 Å². The average Bonchev–Trinajstić information content (AvgIpc) is 2.49. The lowest BCUT2D eigenvalue weighted by Gasteiger charge is -2.36. The van der Waals surface area contributed by atoms with Crippen LogP contribution in [-0.4, -0.2) is 62.8 Å². The van der Waals surface area contributed by atoms with Gasteiger partial charge in [0.15, 0.2) is 0 Å². The molecule has 6 heteroatoms. The van der Waals surface area contributed by atoms with E-state index in [0.29, 0.717) is 13.0 Å². The average molecular weight is 298 g/mol. The monoisotopic (exact) mass is 297 g/mol. The van der Waals surface area contributed by atoms with Crippen molar-refractivity contribution in [2.24, 2.45) is 0 Å². The topological polar surface area (TPSA) is 36.0 Å². The summed E-state index contributed by atoms with van der Waals surface area (Å²) >= 11 is 6.02. The summed E-state index contributed by atoms with van der Waals surface area (Å²) in [6, 6.07) is 7.95. The molecular formula is C14H20ClN3O2. The molecule has 1 aromatic carbocycles. The van der Waals surface area contributed by atoms with Gasteiger partial charge in [-0.05, 0) is 18.2 Å². The lowest BCUT2D eigenvalue weighted by atomic mass is 10.2. The second-order valence-electron chi connectivity index (χ2n) is 4.74. The molecule has 2 rings (SSSR count). The number of hydrogen-bond donors (Lipinski definition) is 0. The van der Waals surface area contributed by atoms with E-state index < -0.39 is 0 Å². The molecule has 0 spiro atoms. The number of anilines is 1. The van der Waals surface area contributed by atoms with E-state index >= 15 is 0 Å². The van der Waals surface area contributed by atoms with Gasteiger partial charge in [-0.2, -0.15) is 0 Å². The van der Waals surface area contributed by atoms with Gasteiger partial charge < -0.3 is 4.90 Å². The standard InChI is InChI=1S/C14H20ClN3O2/c1-20-18(12-19)10-7-16-5-8-17(9-6-16)14-4-2-3-13(15)11-14/h2-4,11-12H,5-10H2,1H3. The minimum absolute atomic E-state index is 0.594. The van der Waals surface area contributed by atoms with Gasteiger partial charge in [0.1, 0.15) is 0 Å². The molecule has 1 aliphatic heterocycles. The molecule has 1 amide bonds. The Balaban J connectivity index is 1.79. The summed E-state index contributed by atoms with van der Waals surface area (Å²) in [5, 5.41) is 2.08. The van der Waals surface area contributed by atoms with E-state index in [9.17, 15) is 4.79 Å². The fourth-order valence-corrected chi connectivity index (χ4v) is 2.51. The Morgan fingerprint density at radius 3 is 2.70 bits per heavy atom. The fraction of sp³-hybridized carbons (Fsp3) is 0.500. The van der Waals surface area contributed by atoms with Gasteiger partial charge in [0.05, 0.1) is 13.7 Å². The second kappa shape index (κ2) is 7.47. The van der Waals surface area contributed by atoms with E-state index in [4.69, 9.17) is 16.4 Å². The minimum Gasteiger partial charge on any atom is -0.369 e. The van der Waals surface area contributed by atoms with E-state index in [0.717, 1.165) is 37.7 Å². The number of rotatable bonds is 6. The van der Waals surface area contributed by atoms with Crippen LogP contribution in [0.25, 0.3) is 0 Å². The first-order chi connectivity index (χ1) is 9.72. The first kappa shape index (κ1) is 15.1. The van der Waals surface area contributed by atoms with Crippen LogP contribution in [0.2, 0.25) is 5.02 Å². The number of carbonyl (C=O) groups excluding carboxylic acids is 1. The van der Waals surface area contributed by atoms with Gasteiger partial charge in [-0.25, -0.2) is 5.06 Å². The normalized spacial score (nSPS) is 16.2. The number of amides is 1. The van der Waals surface area contributed by atoms with Crippen molar-refractivity contribution in [3.63, 3.8) is 0 Å². The van der Waals surface area contributed by atoms with Crippen LogP contribution < -0.4 is 4.90 Å². The zero-order valence-electron chi connectivity index (χ0n) is 11.7. The lowest BCUT2D eigenvalue weighted by molar-refractivity contribution is -0.161. The molecule has 0 aromatic heterocycles. The Labute approximate surface area is 124 Å². The van der Waals surface area contributed by atoms with Crippen LogP contribution in [0.4, 0.5) is 5.69 Å². The quantitative estimate of drug-likeness (QED) is 0.589. The zero-order valence-corrected chi connectivity index (χ0v) is 12.4. The molecule has 5 nitrogen and oxygen atoms in total. The number of nitrogens with zero attached hydrogens (tertiary/aromatic N) is 3. The molecule has 1 heterocycles. The molecule has 20 heavy (non-hydrogen) atoms. The van der Waals surface area contributed by atoms with Crippen molar-refractivity contribution in [1.29, 1.82) is 0 Å². The highest BCUT2D eigenvalue weighted by atomic mass is 35.5. The third-order valence-electron chi connectivity index (χ3n) is 3.53. The molecule has 0 saturated carbocycles. The first-order valence-electron chi connectivity index (χ1n) is 6.72. The Kier molecular flexibility index (Phi) is 5.64. The summed E-state index contributed by atoms with van der Waals surface area (Å²) in [6.07, 6.45) is 0.711. The Morgan fingerprint density at radius 2 is 2.10 bits per heavy atom. The summed E-state index contributed by atoms with van der Waals surface area (Å²) in [4.78, 5) is 20.2. The molecule has 1 aromatic rings. The van der Waals surface area contributed by atoms with Crippen LogP contribution in [0.15, 0.2) is 24.3 Å². The van der Waals surface area contributed by atoms with Crippen LogP contribution in [0.1, 0.15) is 0 Å². The van der Waals surface area contributed by atoms with E-state index in [-0.39, 0.29) is 0 Å². The van der Waals surface area contributed by atoms with E-state index in [1.165, 1.54) is 17.9 Å².